The third-order valence-electron chi connectivity index (χ3n) is 3.89. The largest absolute Gasteiger partial charge is 0.371 e. The molecule has 0 amide bonds. The lowest BCUT2D eigenvalue weighted by atomic mass is 10.1. The molecule has 3 rings (SSSR count). The lowest BCUT2D eigenvalue weighted by Crippen LogP contribution is -2.23. The van der Waals surface area contributed by atoms with E-state index in [4.69, 9.17) is 5.14 Å². The van der Waals surface area contributed by atoms with E-state index in [1.165, 1.54) is 11.1 Å². The second-order valence-electron chi connectivity index (χ2n) is 5.31. The van der Waals surface area contributed by atoms with E-state index in [-0.39, 0.29) is 4.90 Å². The number of nitrogens with zero attached hydrogens (tertiary/aromatic N) is 1. The van der Waals surface area contributed by atoms with E-state index in [2.05, 4.69) is 17.0 Å². The Balaban J connectivity index is 1.79. The first-order valence-corrected chi connectivity index (χ1v) is 8.53. The van der Waals surface area contributed by atoms with E-state index in [0.29, 0.717) is 0 Å². The molecule has 0 saturated heterocycles. The number of anilines is 1. The highest BCUT2D eigenvalue weighted by molar-refractivity contribution is 7.89. The Kier molecular flexibility index (Phi) is 3.69. The molecule has 2 aromatic carbocycles. The van der Waals surface area contributed by atoms with Crippen molar-refractivity contribution >= 4 is 15.7 Å². The quantitative estimate of drug-likeness (QED) is 0.939. The average molecular weight is 302 g/mol. The third kappa shape index (κ3) is 3.09. The van der Waals surface area contributed by atoms with E-state index in [1.54, 1.807) is 12.1 Å². The zero-order valence-electron chi connectivity index (χ0n) is 11.7. The van der Waals surface area contributed by atoms with Crippen LogP contribution in [0.15, 0.2) is 53.4 Å². The highest BCUT2D eigenvalue weighted by Gasteiger charge is 2.21. The number of benzene rings is 2. The van der Waals surface area contributed by atoms with Gasteiger partial charge in [0.2, 0.25) is 10.0 Å². The molecule has 0 radical (unpaired) electrons. The van der Waals surface area contributed by atoms with E-state index < -0.39 is 10.0 Å². The van der Waals surface area contributed by atoms with Crippen LogP contribution in [0.2, 0.25) is 0 Å². The smallest absolute Gasteiger partial charge is 0.238 e. The Morgan fingerprint density at radius 3 is 2.57 bits per heavy atom. The molecule has 1 heterocycles. The van der Waals surface area contributed by atoms with E-state index in [9.17, 15) is 8.42 Å². The maximum Gasteiger partial charge on any atom is 0.238 e. The molecule has 0 saturated carbocycles. The summed E-state index contributed by atoms with van der Waals surface area (Å²) in [5, 5.41) is 5.22. The van der Waals surface area contributed by atoms with Crippen molar-refractivity contribution in [3.63, 3.8) is 0 Å². The molecular formula is C16H18N2O2S. The van der Waals surface area contributed by atoms with Gasteiger partial charge in [0.05, 0.1) is 4.90 Å². The molecule has 5 heteroatoms. The number of sulfonamides is 1. The highest BCUT2D eigenvalue weighted by atomic mass is 32.2. The maximum absolute atomic E-state index is 11.5. The van der Waals surface area contributed by atoms with Crippen molar-refractivity contribution < 1.29 is 8.42 Å². The Hall–Kier alpha value is -1.85. The van der Waals surface area contributed by atoms with Crippen molar-refractivity contribution in [3.8, 4) is 0 Å². The Bertz CT molecular complexity index is 742. The van der Waals surface area contributed by atoms with Gasteiger partial charge in [-0.2, -0.15) is 0 Å². The van der Waals surface area contributed by atoms with Crippen LogP contribution in [-0.4, -0.2) is 21.5 Å². The minimum absolute atomic E-state index is 0.188. The summed E-state index contributed by atoms with van der Waals surface area (Å²) in [5.74, 6) is 0. The normalized spacial score (nSPS) is 14.2. The molecule has 0 aromatic heterocycles. The van der Waals surface area contributed by atoms with Crippen LogP contribution in [0.1, 0.15) is 11.1 Å². The van der Waals surface area contributed by atoms with Gasteiger partial charge in [-0.25, -0.2) is 13.6 Å². The van der Waals surface area contributed by atoms with Crippen molar-refractivity contribution in [2.45, 2.75) is 17.7 Å². The monoisotopic (exact) mass is 302 g/mol. The minimum atomic E-state index is -3.64. The summed E-state index contributed by atoms with van der Waals surface area (Å²) >= 11 is 0. The van der Waals surface area contributed by atoms with Gasteiger partial charge in [-0.1, -0.05) is 36.4 Å². The average Bonchev–Trinajstić information content (AvgIpc) is 2.87. The maximum atomic E-state index is 11.5. The van der Waals surface area contributed by atoms with Crippen LogP contribution in [0, 0.1) is 0 Å². The van der Waals surface area contributed by atoms with Crippen molar-refractivity contribution in [1.29, 1.82) is 0 Å². The molecule has 1 aliphatic rings. The van der Waals surface area contributed by atoms with Gasteiger partial charge in [0, 0.05) is 18.8 Å². The SMILES string of the molecule is NS(=O)(=O)c1ccc2c(c1)N(CCc1ccccc1)CC2. The fourth-order valence-corrected chi connectivity index (χ4v) is 3.28. The first kappa shape index (κ1) is 14.1. The minimum Gasteiger partial charge on any atom is -0.371 e. The van der Waals surface area contributed by atoms with Crippen LogP contribution in [0.5, 0.6) is 0 Å². The van der Waals surface area contributed by atoms with Gasteiger partial charge in [0.1, 0.15) is 0 Å². The lowest BCUT2D eigenvalue weighted by Gasteiger charge is -2.19. The summed E-state index contributed by atoms with van der Waals surface area (Å²) in [6.45, 7) is 1.81. The third-order valence-corrected chi connectivity index (χ3v) is 4.80. The summed E-state index contributed by atoms with van der Waals surface area (Å²) in [5.41, 5.74) is 3.47. The second kappa shape index (κ2) is 5.50. The lowest BCUT2D eigenvalue weighted by molar-refractivity contribution is 0.598. The van der Waals surface area contributed by atoms with Crippen LogP contribution >= 0.6 is 0 Å². The standard InChI is InChI=1S/C16H18N2O2S/c17-21(19,20)15-7-6-14-9-11-18(16(14)12-15)10-8-13-4-2-1-3-5-13/h1-7,12H,8-11H2,(H2,17,19,20). The second-order valence-corrected chi connectivity index (χ2v) is 6.87. The number of fused-ring (bicyclic) bond motifs is 1. The Morgan fingerprint density at radius 2 is 1.86 bits per heavy atom. The molecule has 0 spiro atoms. The summed E-state index contributed by atoms with van der Waals surface area (Å²) in [6.07, 6.45) is 1.90. The van der Waals surface area contributed by atoms with E-state index in [0.717, 1.165) is 31.6 Å². The van der Waals surface area contributed by atoms with Gasteiger partial charge in [0.15, 0.2) is 0 Å². The molecule has 2 N–H and O–H groups in total. The first-order valence-electron chi connectivity index (χ1n) is 6.99. The van der Waals surface area contributed by atoms with Gasteiger partial charge >= 0.3 is 0 Å². The molecule has 21 heavy (non-hydrogen) atoms. The van der Waals surface area contributed by atoms with Crippen molar-refractivity contribution in [3.05, 3.63) is 59.7 Å². The zero-order valence-corrected chi connectivity index (χ0v) is 12.5. The number of hydrogen-bond donors (Lipinski definition) is 1. The van der Waals surface area contributed by atoms with Gasteiger partial charge in [-0.05, 0) is 36.1 Å². The van der Waals surface area contributed by atoms with Gasteiger partial charge in [-0.15, -0.1) is 0 Å². The van der Waals surface area contributed by atoms with Crippen molar-refractivity contribution in [1.82, 2.24) is 0 Å². The van der Waals surface area contributed by atoms with Crippen molar-refractivity contribution in [2.24, 2.45) is 5.14 Å². The highest BCUT2D eigenvalue weighted by Crippen LogP contribution is 2.30. The molecule has 4 nitrogen and oxygen atoms in total. The summed E-state index contributed by atoms with van der Waals surface area (Å²) in [4.78, 5) is 2.42. The Morgan fingerprint density at radius 1 is 1.10 bits per heavy atom. The first-order chi connectivity index (χ1) is 10.0. The number of rotatable bonds is 4. The fraction of sp³-hybridized carbons (Fsp3) is 0.250. The van der Waals surface area contributed by atoms with E-state index >= 15 is 0 Å². The molecule has 2 aromatic rings. The molecule has 0 unspecified atom stereocenters. The van der Waals surface area contributed by atoms with E-state index in [1.807, 2.05) is 24.3 Å². The number of nitrogens with two attached hydrogens (primary N) is 1. The molecule has 0 fully saturated rings. The molecular weight excluding hydrogens is 284 g/mol. The van der Waals surface area contributed by atoms with Crippen molar-refractivity contribution in [2.75, 3.05) is 18.0 Å². The van der Waals surface area contributed by atoms with Crippen LogP contribution in [0.3, 0.4) is 0 Å². The van der Waals surface area contributed by atoms with Crippen LogP contribution < -0.4 is 10.0 Å². The zero-order chi connectivity index (χ0) is 14.9. The summed E-state index contributed by atoms with van der Waals surface area (Å²) < 4.78 is 23.0. The predicted octanol–water partition coefficient (Wildman–Crippen LogP) is 1.94. The number of primary sulfonamides is 1. The van der Waals surface area contributed by atoms with Gasteiger partial charge in [-0.3, -0.25) is 0 Å². The Labute approximate surface area is 125 Å². The fourth-order valence-electron chi connectivity index (χ4n) is 2.74. The summed E-state index contributed by atoms with van der Waals surface area (Å²) in [6, 6.07) is 15.5. The van der Waals surface area contributed by atoms with Crippen LogP contribution in [-0.2, 0) is 22.9 Å². The topological polar surface area (TPSA) is 63.4 Å². The number of hydrogen-bond acceptors (Lipinski definition) is 3. The van der Waals surface area contributed by atoms with Crippen LogP contribution in [0.4, 0.5) is 5.69 Å². The van der Waals surface area contributed by atoms with Crippen LogP contribution in [0.25, 0.3) is 0 Å². The summed E-state index contributed by atoms with van der Waals surface area (Å²) in [7, 11) is -3.64. The molecule has 0 aliphatic carbocycles. The van der Waals surface area contributed by atoms with Gasteiger partial charge in [0.25, 0.3) is 0 Å². The molecule has 0 atom stereocenters. The molecule has 0 bridgehead atoms. The van der Waals surface area contributed by atoms with Gasteiger partial charge < -0.3 is 4.90 Å². The molecule has 110 valence electrons. The predicted molar refractivity (Wildman–Crippen MR) is 83.9 cm³/mol. The molecule has 1 aliphatic heterocycles.